The first-order chi connectivity index (χ1) is 9.04. The molecule has 2 aliphatic rings. The van der Waals surface area contributed by atoms with E-state index in [2.05, 4.69) is 0 Å². The van der Waals surface area contributed by atoms with Crippen molar-refractivity contribution in [1.29, 1.82) is 0 Å². The minimum absolute atomic E-state index is 0.0503. The van der Waals surface area contributed by atoms with Gasteiger partial charge in [0.2, 0.25) is 5.91 Å². The normalized spacial score (nSPS) is 29.2. The van der Waals surface area contributed by atoms with Crippen LogP contribution in [-0.2, 0) is 9.59 Å². The molecule has 0 aromatic rings. The fraction of sp³-hybridized carbons (Fsp3) is 0.867. The van der Waals surface area contributed by atoms with Gasteiger partial charge in [-0.1, -0.05) is 25.7 Å². The zero-order chi connectivity index (χ0) is 13.9. The molecule has 0 aromatic heterocycles. The van der Waals surface area contributed by atoms with Crippen molar-refractivity contribution >= 4 is 11.9 Å². The predicted octanol–water partition coefficient (Wildman–Crippen LogP) is 2.81. The number of aliphatic carboxylic acids is 1. The summed E-state index contributed by atoms with van der Waals surface area (Å²) in [6, 6.07) is 0. The van der Waals surface area contributed by atoms with E-state index < -0.39 is 11.5 Å². The summed E-state index contributed by atoms with van der Waals surface area (Å²) < 4.78 is 0. The summed E-state index contributed by atoms with van der Waals surface area (Å²) in [5, 5.41) is 9.35. The minimum atomic E-state index is -0.970. The van der Waals surface area contributed by atoms with Crippen molar-refractivity contribution in [1.82, 2.24) is 4.90 Å². The topological polar surface area (TPSA) is 57.6 Å². The van der Waals surface area contributed by atoms with E-state index >= 15 is 0 Å². The van der Waals surface area contributed by atoms with Crippen LogP contribution in [-0.4, -0.2) is 34.0 Å². The lowest BCUT2D eigenvalue weighted by molar-refractivity contribution is -0.155. The Balaban J connectivity index is 1.97. The van der Waals surface area contributed by atoms with Gasteiger partial charge in [0, 0.05) is 13.0 Å². The molecule has 4 heteroatoms. The monoisotopic (exact) mass is 267 g/mol. The predicted molar refractivity (Wildman–Crippen MR) is 72.8 cm³/mol. The summed E-state index contributed by atoms with van der Waals surface area (Å²) in [6.07, 6.45) is 9.18. The smallest absolute Gasteiger partial charge is 0.329 e. The zero-order valence-electron chi connectivity index (χ0n) is 11.9. The van der Waals surface area contributed by atoms with Crippen molar-refractivity contribution in [3.05, 3.63) is 0 Å². The maximum Gasteiger partial charge on any atom is 0.329 e. The Morgan fingerprint density at radius 1 is 1.16 bits per heavy atom. The maximum absolute atomic E-state index is 12.4. The van der Waals surface area contributed by atoms with Crippen molar-refractivity contribution in [3.8, 4) is 0 Å². The van der Waals surface area contributed by atoms with Gasteiger partial charge in [0.1, 0.15) is 5.54 Å². The molecule has 108 valence electrons. The molecule has 19 heavy (non-hydrogen) atoms. The number of carboxylic acids is 1. The molecule has 4 nitrogen and oxygen atoms in total. The molecule has 2 fully saturated rings. The number of carbonyl (C=O) groups excluding carboxylic acids is 1. The van der Waals surface area contributed by atoms with Gasteiger partial charge >= 0.3 is 5.97 Å². The van der Waals surface area contributed by atoms with Crippen LogP contribution >= 0.6 is 0 Å². The van der Waals surface area contributed by atoms with E-state index in [0.29, 0.717) is 25.3 Å². The summed E-state index contributed by atoms with van der Waals surface area (Å²) >= 11 is 0. The Bertz CT molecular complexity index is 347. The fourth-order valence-electron chi connectivity index (χ4n) is 3.51. The fourth-order valence-corrected chi connectivity index (χ4v) is 3.51. The Hall–Kier alpha value is -1.06. The van der Waals surface area contributed by atoms with Crippen molar-refractivity contribution in [2.45, 2.75) is 70.3 Å². The van der Waals surface area contributed by atoms with Crippen molar-refractivity contribution in [3.63, 3.8) is 0 Å². The van der Waals surface area contributed by atoms with E-state index in [4.69, 9.17) is 0 Å². The van der Waals surface area contributed by atoms with E-state index in [-0.39, 0.29) is 5.91 Å². The van der Waals surface area contributed by atoms with Crippen molar-refractivity contribution < 1.29 is 14.7 Å². The molecule has 1 saturated heterocycles. The number of hydrogen-bond acceptors (Lipinski definition) is 2. The third-order valence-electron chi connectivity index (χ3n) is 4.84. The van der Waals surface area contributed by atoms with Crippen LogP contribution in [0.3, 0.4) is 0 Å². The number of rotatable bonds is 3. The Kier molecular flexibility index (Phi) is 4.48. The highest BCUT2D eigenvalue weighted by Gasteiger charge is 2.45. The molecule has 1 saturated carbocycles. The van der Waals surface area contributed by atoms with E-state index in [1.54, 1.807) is 11.8 Å². The van der Waals surface area contributed by atoms with Crippen LogP contribution in [0.1, 0.15) is 64.7 Å². The number of likely N-dealkylation sites (tertiary alicyclic amines) is 1. The van der Waals surface area contributed by atoms with Crippen molar-refractivity contribution in [2.24, 2.45) is 5.92 Å². The number of nitrogens with zero attached hydrogens (tertiary/aromatic N) is 1. The number of hydrogen-bond donors (Lipinski definition) is 1. The van der Waals surface area contributed by atoms with E-state index in [9.17, 15) is 14.7 Å². The summed E-state index contributed by atoms with van der Waals surface area (Å²) in [5.74, 6) is -0.345. The molecule has 1 N–H and O–H groups in total. The first kappa shape index (κ1) is 14.4. The van der Waals surface area contributed by atoms with Crippen LogP contribution in [0.2, 0.25) is 0 Å². The average molecular weight is 267 g/mol. The number of carboxylic acid groups (broad SMARTS) is 1. The average Bonchev–Trinajstić information content (AvgIpc) is 2.59. The van der Waals surface area contributed by atoms with Gasteiger partial charge in [-0.3, -0.25) is 4.79 Å². The first-order valence-corrected chi connectivity index (χ1v) is 7.58. The standard InChI is InChI=1S/C15H25NO3/c1-15(14(18)19)9-6-10-16(15)13(17)11-12-7-4-2-3-5-8-12/h12H,2-11H2,1H3,(H,18,19). The van der Waals surface area contributed by atoms with Gasteiger partial charge in [-0.05, 0) is 38.5 Å². The van der Waals surface area contributed by atoms with Gasteiger partial charge in [-0.2, -0.15) is 0 Å². The molecular weight excluding hydrogens is 242 g/mol. The molecule has 0 radical (unpaired) electrons. The van der Waals surface area contributed by atoms with Crippen LogP contribution in [0.4, 0.5) is 0 Å². The van der Waals surface area contributed by atoms with Crippen LogP contribution in [0.15, 0.2) is 0 Å². The first-order valence-electron chi connectivity index (χ1n) is 7.58. The summed E-state index contributed by atoms with van der Waals surface area (Å²) in [4.78, 5) is 25.4. The molecule has 2 rings (SSSR count). The lowest BCUT2D eigenvalue weighted by Gasteiger charge is -2.32. The van der Waals surface area contributed by atoms with Gasteiger partial charge in [0.25, 0.3) is 0 Å². The van der Waals surface area contributed by atoms with Crippen LogP contribution in [0, 0.1) is 5.92 Å². The van der Waals surface area contributed by atoms with Crippen LogP contribution in [0.5, 0.6) is 0 Å². The van der Waals surface area contributed by atoms with Gasteiger partial charge < -0.3 is 10.0 Å². The third kappa shape index (κ3) is 3.10. The van der Waals surface area contributed by atoms with Crippen LogP contribution < -0.4 is 0 Å². The SMILES string of the molecule is CC1(C(=O)O)CCCN1C(=O)CC1CCCCCC1. The lowest BCUT2D eigenvalue weighted by Crippen LogP contribution is -2.51. The molecule has 1 amide bonds. The van der Waals surface area contributed by atoms with Crippen molar-refractivity contribution in [2.75, 3.05) is 6.54 Å². The maximum atomic E-state index is 12.4. The second kappa shape index (κ2) is 5.93. The molecule has 0 aromatic carbocycles. The number of amides is 1. The summed E-state index contributed by atoms with van der Waals surface area (Å²) in [5.41, 5.74) is -0.970. The van der Waals surface area contributed by atoms with Gasteiger partial charge in [0.05, 0.1) is 0 Å². The molecule has 1 heterocycles. The third-order valence-corrected chi connectivity index (χ3v) is 4.84. The minimum Gasteiger partial charge on any atom is -0.480 e. The van der Waals surface area contributed by atoms with E-state index in [1.165, 1.54) is 25.7 Å². The van der Waals surface area contributed by atoms with E-state index in [1.807, 2.05) is 0 Å². The second-order valence-electron chi connectivity index (χ2n) is 6.29. The van der Waals surface area contributed by atoms with Gasteiger partial charge in [-0.25, -0.2) is 4.79 Å². The Morgan fingerprint density at radius 2 is 1.79 bits per heavy atom. The molecule has 1 atom stereocenters. The Labute approximate surface area is 115 Å². The molecule has 1 aliphatic heterocycles. The second-order valence-corrected chi connectivity index (χ2v) is 6.29. The van der Waals surface area contributed by atoms with Gasteiger partial charge in [-0.15, -0.1) is 0 Å². The Morgan fingerprint density at radius 3 is 2.37 bits per heavy atom. The molecule has 1 unspecified atom stereocenters. The van der Waals surface area contributed by atoms with E-state index in [0.717, 1.165) is 19.3 Å². The summed E-state index contributed by atoms with van der Waals surface area (Å²) in [7, 11) is 0. The largest absolute Gasteiger partial charge is 0.480 e. The molecule has 1 aliphatic carbocycles. The molecule has 0 bridgehead atoms. The quantitative estimate of drug-likeness (QED) is 0.800. The highest BCUT2D eigenvalue weighted by Crippen LogP contribution is 2.32. The highest BCUT2D eigenvalue weighted by atomic mass is 16.4. The van der Waals surface area contributed by atoms with Crippen LogP contribution in [0.25, 0.3) is 0 Å². The molecular formula is C15H25NO3. The lowest BCUT2D eigenvalue weighted by atomic mass is 9.94. The zero-order valence-corrected chi connectivity index (χ0v) is 11.9. The number of carbonyl (C=O) groups is 2. The highest BCUT2D eigenvalue weighted by molar-refractivity contribution is 5.87. The molecule has 0 spiro atoms. The van der Waals surface area contributed by atoms with Gasteiger partial charge in [0.15, 0.2) is 0 Å². The summed E-state index contributed by atoms with van der Waals surface area (Å²) in [6.45, 7) is 2.29.